The van der Waals surface area contributed by atoms with Gasteiger partial charge < -0.3 is 48.8 Å². The number of aliphatic hydroxyl groups is 3. The highest BCUT2D eigenvalue weighted by molar-refractivity contribution is 5.70. The normalized spacial score (nSPS) is 50.9. The molecular formula is C36H62O11. The Labute approximate surface area is 281 Å². The van der Waals surface area contributed by atoms with Crippen LogP contribution in [0.4, 0.5) is 0 Å². The molecular weight excluding hydrogens is 608 g/mol. The second-order valence-corrected chi connectivity index (χ2v) is 16.3. The molecule has 5 heterocycles. The zero-order valence-corrected chi connectivity index (χ0v) is 30.0. The Kier molecular flexibility index (Phi) is 10.9. The lowest BCUT2D eigenvalue weighted by molar-refractivity contribution is -0.336. The van der Waals surface area contributed by atoms with Gasteiger partial charge in [-0.2, -0.15) is 0 Å². The van der Waals surface area contributed by atoms with E-state index >= 15 is 0 Å². The van der Waals surface area contributed by atoms with E-state index in [2.05, 4.69) is 27.7 Å². The van der Waals surface area contributed by atoms with E-state index in [9.17, 15) is 25.2 Å². The van der Waals surface area contributed by atoms with Gasteiger partial charge in [0, 0.05) is 37.7 Å². The smallest absolute Gasteiger partial charge is 0.308 e. The van der Waals surface area contributed by atoms with Gasteiger partial charge in [0.25, 0.3) is 0 Å². The first-order valence-electron chi connectivity index (χ1n) is 18.1. The second kappa shape index (κ2) is 13.7. The largest absolute Gasteiger partial charge is 0.481 e. The molecule has 0 aromatic heterocycles. The average molecular weight is 671 g/mol. The van der Waals surface area contributed by atoms with Gasteiger partial charge in [0.1, 0.15) is 0 Å². The zero-order chi connectivity index (χ0) is 34.7. The van der Waals surface area contributed by atoms with Crippen LogP contribution in [0, 0.1) is 35.5 Å². The third kappa shape index (κ3) is 6.67. The van der Waals surface area contributed by atoms with Gasteiger partial charge in [-0.15, -0.1) is 0 Å². The summed E-state index contributed by atoms with van der Waals surface area (Å²) < 4.78 is 39.4. The van der Waals surface area contributed by atoms with E-state index in [-0.39, 0.29) is 54.0 Å². The lowest BCUT2D eigenvalue weighted by Crippen LogP contribution is -2.57. The van der Waals surface area contributed by atoms with E-state index in [1.54, 1.807) is 6.92 Å². The zero-order valence-electron chi connectivity index (χ0n) is 30.0. The van der Waals surface area contributed by atoms with Crippen molar-refractivity contribution in [2.24, 2.45) is 35.5 Å². The number of hydrogen-bond donors (Lipinski definition) is 4. The predicted molar refractivity (Wildman–Crippen MR) is 172 cm³/mol. The van der Waals surface area contributed by atoms with Gasteiger partial charge in [0.05, 0.1) is 66.5 Å². The Morgan fingerprint density at radius 1 is 1.02 bits per heavy atom. The van der Waals surface area contributed by atoms with Gasteiger partial charge in [-0.05, 0) is 64.2 Å². The lowest BCUT2D eigenvalue weighted by atomic mass is 9.78. The maximum absolute atomic E-state index is 11.8. The fraction of sp³-hybridized carbons (Fsp3) is 0.972. The summed E-state index contributed by atoms with van der Waals surface area (Å²) >= 11 is 0. The van der Waals surface area contributed by atoms with Crippen LogP contribution in [0.3, 0.4) is 0 Å². The van der Waals surface area contributed by atoms with Crippen molar-refractivity contribution < 1.29 is 53.6 Å². The van der Waals surface area contributed by atoms with Crippen LogP contribution >= 0.6 is 0 Å². The third-order valence-electron chi connectivity index (χ3n) is 13.0. The minimum atomic E-state index is -1.56. The Hall–Kier alpha value is -0.890. The quantitative estimate of drug-likeness (QED) is 0.264. The molecule has 0 aromatic rings. The number of ether oxygens (including phenoxy) is 6. The first-order valence-corrected chi connectivity index (χ1v) is 18.1. The van der Waals surface area contributed by atoms with E-state index in [0.29, 0.717) is 19.3 Å². The van der Waals surface area contributed by atoms with Gasteiger partial charge in [-0.1, -0.05) is 41.5 Å². The first kappa shape index (κ1) is 37.4. The second-order valence-electron chi connectivity index (χ2n) is 16.3. The van der Waals surface area contributed by atoms with E-state index in [0.717, 1.165) is 32.1 Å². The summed E-state index contributed by atoms with van der Waals surface area (Å²) in [4.78, 5) is 11.8. The number of aliphatic hydroxyl groups excluding tert-OH is 2. The van der Waals surface area contributed by atoms with E-state index in [1.807, 2.05) is 20.8 Å². The topological polar surface area (TPSA) is 153 Å². The van der Waals surface area contributed by atoms with E-state index < -0.39 is 59.6 Å². The standard InChI is InChI=1S/C36H62O11/c1-10-34(31-20(3)16-26(43-31)28-19(2)15-21(4)36(41,18-37)46-28)12-11-27(44-34)33(8)13-14-35(47-33)17-25(38)22(5)30(45-35)23(6)29(42-9)24(7)32(39)40/h19-31,37-38,41H,10-18H2,1-9H3,(H,39,40)/t19-,20-,21+,22+,23-,24?,25-,26+,27+,28-,29+,30-,31-,33-,34-,35+,36-/m0/s1. The lowest BCUT2D eigenvalue weighted by Gasteiger charge is -2.49. The molecule has 17 atom stereocenters. The summed E-state index contributed by atoms with van der Waals surface area (Å²) in [6.45, 7) is 15.6. The number of aliphatic carboxylic acids is 1. The first-order chi connectivity index (χ1) is 22.0. The molecule has 11 nitrogen and oxygen atoms in total. The Balaban J connectivity index is 1.29. The Morgan fingerprint density at radius 2 is 1.72 bits per heavy atom. The highest BCUT2D eigenvalue weighted by Gasteiger charge is 2.62. The van der Waals surface area contributed by atoms with Crippen LogP contribution in [0.5, 0.6) is 0 Å². The third-order valence-corrected chi connectivity index (χ3v) is 13.0. The minimum absolute atomic E-state index is 0.153. The number of methoxy groups -OCH3 is 1. The number of carboxylic acid groups (broad SMARTS) is 1. The molecule has 5 fully saturated rings. The molecule has 0 amide bonds. The molecule has 0 aliphatic carbocycles. The summed E-state index contributed by atoms with van der Waals surface area (Å²) in [5.74, 6) is -4.52. The molecule has 0 radical (unpaired) electrons. The van der Waals surface area contributed by atoms with Gasteiger partial charge in [0.2, 0.25) is 0 Å². The molecule has 5 rings (SSSR count). The Bertz CT molecular complexity index is 1110. The van der Waals surface area contributed by atoms with Crippen LogP contribution in [0.15, 0.2) is 0 Å². The van der Waals surface area contributed by atoms with Crippen LogP contribution in [0.1, 0.15) is 107 Å². The van der Waals surface area contributed by atoms with Crippen molar-refractivity contribution in [2.45, 2.75) is 172 Å². The summed E-state index contributed by atoms with van der Waals surface area (Å²) in [7, 11) is 1.52. The molecule has 5 saturated heterocycles. The van der Waals surface area contributed by atoms with Crippen LogP contribution < -0.4 is 0 Å². The van der Waals surface area contributed by atoms with Crippen LogP contribution in [-0.2, 0) is 33.2 Å². The molecule has 4 N–H and O–H groups in total. The number of hydrogen-bond acceptors (Lipinski definition) is 10. The van der Waals surface area contributed by atoms with Gasteiger partial charge in [-0.3, -0.25) is 4.79 Å². The van der Waals surface area contributed by atoms with Gasteiger partial charge >= 0.3 is 5.97 Å². The van der Waals surface area contributed by atoms with E-state index in [1.165, 1.54) is 7.11 Å². The molecule has 11 heteroatoms. The van der Waals surface area contributed by atoms with Crippen LogP contribution in [0.25, 0.3) is 0 Å². The van der Waals surface area contributed by atoms with Crippen molar-refractivity contribution in [2.75, 3.05) is 13.7 Å². The van der Waals surface area contributed by atoms with Gasteiger partial charge in [-0.25, -0.2) is 0 Å². The molecule has 0 aromatic carbocycles. The fourth-order valence-corrected chi connectivity index (χ4v) is 9.91. The summed E-state index contributed by atoms with van der Waals surface area (Å²) in [5, 5.41) is 41.8. The van der Waals surface area contributed by atoms with Gasteiger partial charge in [0.15, 0.2) is 11.6 Å². The van der Waals surface area contributed by atoms with Crippen molar-refractivity contribution in [3.05, 3.63) is 0 Å². The SMILES string of the molecule is CC[C@@]1([C@H]2O[C@@H]([C@H]3O[C@@](O)(CO)[C@H](C)C[C@@H]3C)C[C@@H]2C)CC[C@H]([C@]2(C)CC[C@]3(C[C@H](O)[C@@H](C)[C@@H]([C@@H](C)[C@@H](OC)C(C)C(=O)O)O3)O2)O1. The molecule has 5 aliphatic rings. The van der Waals surface area contributed by atoms with Crippen molar-refractivity contribution in [1.82, 2.24) is 0 Å². The molecule has 0 bridgehead atoms. The molecule has 1 spiro atoms. The van der Waals surface area contributed by atoms with E-state index in [4.69, 9.17) is 28.4 Å². The summed E-state index contributed by atoms with van der Waals surface area (Å²) in [6.07, 6.45) is 2.99. The van der Waals surface area contributed by atoms with Crippen molar-refractivity contribution in [3.63, 3.8) is 0 Å². The maximum atomic E-state index is 11.8. The highest BCUT2D eigenvalue weighted by Crippen LogP contribution is 2.55. The average Bonchev–Trinajstić information content (AvgIpc) is 3.73. The number of carboxylic acids is 1. The minimum Gasteiger partial charge on any atom is -0.481 e. The van der Waals surface area contributed by atoms with Crippen LogP contribution in [-0.4, -0.2) is 106 Å². The molecule has 1 unspecified atom stereocenters. The molecule has 0 saturated carbocycles. The molecule has 5 aliphatic heterocycles. The van der Waals surface area contributed by atoms with Crippen LogP contribution in [0.2, 0.25) is 0 Å². The summed E-state index contributed by atoms with van der Waals surface area (Å²) in [5.41, 5.74) is -1.15. The maximum Gasteiger partial charge on any atom is 0.308 e. The van der Waals surface area contributed by atoms with Crippen molar-refractivity contribution in [3.8, 4) is 0 Å². The predicted octanol–water partition coefficient (Wildman–Crippen LogP) is 4.27. The monoisotopic (exact) mass is 670 g/mol. The molecule has 272 valence electrons. The number of rotatable bonds is 10. The van der Waals surface area contributed by atoms with Crippen molar-refractivity contribution in [1.29, 1.82) is 0 Å². The Morgan fingerprint density at radius 3 is 2.34 bits per heavy atom. The fourth-order valence-electron chi connectivity index (χ4n) is 9.91. The van der Waals surface area contributed by atoms with Crippen molar-refractivity contribution >= 4 is 5.97 Å². The highest BCUT2D eigenvalue weighted by atomic mass is 16.7. The summed E-state index contributed by atoms with van der Waals surface area (Å²) in [6, 6.07) is 0. The molecule has 47 heavy (non-hydrogen) atoms. The number of carbonyl (C=O) groups is 1.